The van der Waals surface area contributed by atoms with E-state index in [1.165, 1.54) is 36.3 Å². The minimum atomic E-state index is 0.666. The Kier molecular flexibility index (Phi) is 2.87. The molecular formula is C11H19N3. The van der Waals surface area contributed by atoms with Crippen molar-refractivity contribution in [2.24, 2.45) is 0 Å². The van der Waals surface area contributed by atoms with Crippen molar-refractivity contribution in [3.05, 3.63) is 17.0 Å². The average molecular weight is 193 g/mol. The number of hydrogen-bond acceptors (Lipinski definition) is 2. The number of rotatable bonds is 3. The average Bonchev–Trinajstić information content (AvgIpc) is 2.79. The molecule has 1 aromatic heterocycles. The monoisotopic (exact) mass is 193 g/mol. The van der Waals surface area contributed by atoms with Crippen LogP contribution in [0.4, 0.5) is 0 Å². The van der Waals surface area contributed by atoms with Crippen LogP contribution in [0.3, 0.4) is 0 Å². The molecule has 1 unspecified atom stereocenters. The van der Waals surface area contributed by atoms with Crippen LogP contribution in [0.2, 0.25) is 0 Å². The number of aryl methyl sites for hydroxylation is 1. The van der Waals surface area contributed by atoms with Gasteiger partial charge in [0.1, 0.15) is 0 Å². The lowest BCUT2D eigenvalue weighted by Crippen LogP contribution is -2.24. The predicted molar refractivity (Wildman–Crippen MR) is 57.4 cm³/mol. The van der Waals surface area contributed by atoms with E-state index in [2.05, 4.69) is 29.4 Å². The molecule has 2 N–H and O–H groups in total. The first-order chi connectivity index (χ1) is 6.81. The van der Waals surface area contributed by atoms with E-state index in [9.17, 15) is 0 Å². The molecule has 1 saturated heterocycles. The second-order valence-corrected chi connectivity index (χ2v) is 4.12. The Bertz CT molecular complexity index is 297. The second-order valence-electron chi connectivity index (χ2n) is 4.12. The maximum atomic E-state index is 4.32. The normalized spacial score (nSPS) is 21.7. The van der Waals surface area contributed by atoms with Gasteiger partial charge in [-0.25, -0.2) is 0 Å². The molecule has 1 aromatic rings. The van der Waals surface area contributed by atoms with Crippen molar-refractivity contribution in [1.29, 1.82) is 0 Å². The SMILES string of the molecule is CCc1n[nH]c(CC2CCCN2)c1C. The molecule has 78 valence electrons. The van der Waals surface area contributed by atoms with Crippen molar-refractivity contribution in [3.63, 3.8) is 0 Å². The summed E-state index contributed by atoms with van der Waals surface area (Å²) in [7, 11) is 0. The summed E-state index contributed by atoms with van der Waals surface area (Å²) in [6, 6.07) is 0.666. The van der Waals surface area contributed by atoms with Gasteiger partial charge in [0.2, 0.25) is 0 Å². The van der Waals surface area contributed by atoms with Crippen molar-refractivity contribution in [2.75, 3.05) is 6.54 Å². The van der Waals surface area contributed by atoms with E-state index in [1.807, 2.05) is 0 Å². The summed E-state index contributed by atoms with van der Waals surface area (Å²) in [4.78, 5) is 0. The van der Waals surface area contributed by atoms with Crippen molar-refractivity contribution in [1.82, 2.24) is 15.5 Å². The number of H-pyrrole nitrogens is 1. The van der Waals surface area contributed by atoms with Crippen LogP contribution in [0.1, 0.15) is 36.7 Å². The summed E-state index contributed by atoms with van der Waals surface area (Å²) in [5, 5.41) is 11.0. The highest BCUT2D eigenvalue weighted by Crippen LogP contribution is 2.15. The molecule has 2 rings (SSSR count). The molecule has 1 aliphatic rings. The Labute approximate surface area is 85.3 Å². The molecule has 0 spiro atoms. The molecule has 0 aromatic carbocycles. The Balaban J connectivity index is 2.04. The van der Waals surface area contributed by atoms with E-state index in [4.69, 9.17) is 0 Å². The van der Waals surface area contributed by atoms with Gasteiger partial charge in [0.05, 0.1) is 5.69 Å². The molecule has 3 heteroatoms. The Morgan fingerprint density at radius 3 is 2.93 bits per heavy atom. The van der Waals surface area contributed by atoms with Gasteiger partial charge in [0, 0.05) is 18.2 Å². The minimum absolute atomic E-state index is 0.666. The van der Waals surface area contributed by atoms with E-state index in [0.29, 0.717) is 6.04 Å². The van der Waals surface area contributed by atoms with Crippen LogP contribution in [-0.4, -0.2) is 22.8 Å². The zero-order valence-electron chi connectivity index (χ0n) is 9.06. The predicted octanol–water partition coefficient (Wildman–Crippen LogP) is 1.58. The van der Waals surface area contributed by atoms with Gasteiger partial charge in [-0.1, -0.05) is 6.92 Å². The molecule has 0 amide bonds. The highest BCUT2D eigenvalue weighted by atomic mass is 15.1. The second kappa shape index (κ2) is 4.13. The van der Waals surface area contributed by atoms with Crippen molar-refractivity contribution in [3.8, 4) is 0 Å². The number of aromatic nitrogens is 2. The van der Waals surface area contributed by atoms with Gasteiger partial charge in [0.25, 0.3) is 0 Å². The number of hydrogen-bond donors (Lipinski definition) is 2. The quantitative estimate of drug-likeness (QED) is 0.765. The van der Waals surface area contributed by atoms with Crippen molar-refractivity contribution < 1.29 is 0 Å². The zero-order chi connectivity index (χ0) is 9.97. The largest absolute Gasteiger partial charge is 0.314 e. The molecule has 1 atom stereocenters. The maximum Gasteiger partial charge on any atom is 0.0651 e. The molecule has 0 saturated carbocycles. The fourth-order valence-electron chi connectivity index (χ4n) is 2.20. The lowest BCUT2D eigenvalue weighted by Gasteiger charge is -2.08. The van der Waals surface area contributed by atoms with Crippen molar-refractivity contribution >= 4 is 0 Å². The molecule has 1 fully saturated rings. The van der Waals surface area contributed by atoms with Crippen LogP contribution < -0.4 is 5.32 Å². The highest BCUT2D eigenvalue weighted by Gasteiger charge is 2.17. The van der Waals surface area contributed by atoms with Crippen LogP contribution in [0.5, 0.6) is 0 Å². The smallest absolute Gasteiger partial charge is 0.0651 e. The summed E-state index contributed by atoms with van der Waals surface area (Å²) in [5.74, 6) is 0. The minimum Gasteiger partial charge on any atom is -0.314 e. The third-order valence-electron chi connectivity index (χ3n) is 3.16. The third-order valence-corrected chi connectivity index (χ3v) is 3.16. The maximum absolute atomic E-state index is 4.32. The van der Waals surface area contributed by atoms with Crippen LogP contribution >= 0.6 is 0 Å². The van der Waals surface area contributed by atoms with Gasteiger partial charge in [0.15, 0.2) is 0 Å². The molecule has 2 heterocycles. The van der Waals surface area contributed by atoms with E-state index in [0.717, 1.165) is 12.8 Å². The molecule has 14 heavy (non-hydrogen) atoms. The summed E-state index contributed by atoms with van der Waals surface area (Å²) < 4.78 is 0. The van der Waals surface area contributed by atoms with E-state index >= 15 is 0 Å². The standard InChI is InChI=1S/C11H19N3/c1-3-10-8(2)11(14-13-10)7-9-5-4-6-12-9/h9,12H,3-7H2,1-2H3,(H,13,14). The van der Waals surface area contributed by atoms with E-state index in [1.54, 1.807) is 0 Å². The molecule has 0 bridgehead atoms. The van der Waals surface area contributed by atoms with Gasteiger partial charge in [-0.2, -0.15) is 5.10 Å². The van der Waals surface area contributed by atoms with Crippen LogP contribution in [-0.2, 0) is 12.8 Å². The zero-order valence-corrected chi connectivity index (χ0v) is 9.06. The lowest BCUT2D eigenvalue weighted by molar-refractivity contribution is 0.593. The lowest BCUT2D eigenvalue weighted by atomic mass is 10.1. The highest BCUT2D eigenvalue weighted by molar-refractivity contribution is 5.24. The first kappa shape index (κ1) is 9.71. The van der Waals surface area contributed by atoms with Gasteiger partial charge < -0.3 is 5.32 Å². The van der Waals surface area contributed by atoms with E-state index in [-0.39, 0.29) is 0 Å². The molecular weight excluding hydrogens is 174 g/mol. The summed E-state index contributed by atoms with van der Waals surface area (Å²) in [5.41, 5.74) is 3.90. The molecule has 0 aliphatic carbocycles. The first-order valence-corrected chi connectivity index (χ1v) is 5.57. The van der Waals surface area contributed by atoms with Crippen molar-refractivity contribution in [2.45, 2.75) is 45.6 Å². The van der Waals surface area contributed by atoms with Gasteiger partial charge in [-0.15, -0.1) is 0 Å². The fourth-order valence-corrected chi connectivity index (χ4v) is 2.20. The summed E-state index contributed by atoms with van der Waals surface area (Å²) >= 11 is 0. The van der Waals surface area contributed by atoms with Gasteiger partial charge in [-0.3, -0.25) is 5.10 Å². The first-order valence-electron chi connectivity index (χ1n) is 5.57. The third kappa shape index (κ3) is 1.82. The van der Waals surface area contributed by atoms with Gasteiger partial charge in [-0.05, 0) is 38.3 Å². The molecule has 1 aliphatic heterocycles. The Morgan fingerprint density at radius 2 is 2.36 bits per heavy atom. The van der Waals surface area contributed by atoms with Crippen LogP contribution in [0.15, 0.2) is 0 Å². The van der Waals surface area contributed by atoms with Crippen LogP contribution in [0.25, 0.3) is 0 Å². The molecule has 0 radical (unpaired) electrons. The summed E-state index contributed by atoms with van der Waals surface area (Å²) in [6.45, 7) is 5.51. The topological polar surface area (TPSA) is 40.7 Å². The summed E-state index contributed by atoms with van der Waals surface area (Å²) in [6.07, 6.45) is 4.76. The molecule has 3 nitrogen and oxygen atoms in total. The number of aromatic amines is 1. The van der Waals surface area contributed by atoms with Gasteiger partial charge >= 0.3 is 0 Å². The fraction of sp³-hybridized carbons (Fsp3) is 0.727. The number of nitrogens with one attached hydrogen (secondary N) is 2. The Hall–Kier alpha value is -0.830. The number of nitrogens with zero attached hydrogens (tertiary/aromatic N) is 1. The Morgan fingerprint density at radius 1 is 1.50 bits per heavy atom. The van der Waals surface area contributed by atoms with E-state index < -0.39 is 0 Å². The van der Waals surface area contributed by atoms with Crippen LogP contribution in [0, 0.1) is 6.92 Å².